The van der Waals surface area contributed by atoms with E-state index >= 15 is 0 Å². The number of hydrogen-bond donors (Lipinski definition) is 2. The van der Waals surface area contributed by atoms with Crippen LogP contribution in [0.15, 0.2) is 72.8 Å². The lowest BCUT2D eigenvalue weighted by molar-refractivity contribution is 0.387. The minimum atomic E-state index is -4.27. The monoisotopic (exact) mass is 323 g/mol. The van der Waals surface area contributed by atoms with Crippen LogP contribution in [0.2, 0.25) is 0 Å². The molecular weight excluding hydrogens is 309 g/mol. The Kier molecular flexibility index (Phi) is 3.13. The number of nitrogens with zero attached hydrogens (tertiary/aromatic N) is 1. The third-order valence-electron chi connectivity index (χ3n) is 4.01. The second kappa shape index (κ2) is 5.07. The zero-order chi connectivity index (χ0) is 16.0. The van der Waals surface area contributed by atoms with Crippen LogP contribution < -0.4 is 5.30 Å². The molecule has 0 aliphatic rings. The molecule has 4 aromatic rings. The number of para-hydroxylation sites is 2. The highest BCUT2D eigenvalue weighted by Gasteiger charge is 2.19. The van der Waals surface area contributed by atoms with E-state index in [9.17, 15) is 14.4 Å². The van der Waals surface area contributed by atoms with Gasteiger partial charge in [-0.3, -0.25) is 4.57 Å². The van der Waals surface area contributed by atoms with E-state index in [0.717, 1.165) is 27.5 Å². The van der Waals surface area contributed by atoms with Crippen molar-refractivity contribution >= 4 is 34.7 Å². The molecule has 0 bridgehead atoms. The molecule has 2 N–H and O–H groups in total. The van der Waals surface area contributed by atoms with Crippen LogP contribution in [0, 0.1) is 0 Å². The first-order chi connectivity index (χ1) is 11.1. The fourth-order valence-electron chi connectivity index (χ4n) is 3.00. The zero-order valence-electron chi connectivity index (χ0n) is 12.1. The molecule has 23 heavy (non-hydrogen) atoms. The number of benzene rings is 3. The molecule has 4 rings (SSSR count). The molecule has 0 spiro atoms. The van der Waals surface area contributed by atoms with Crippen LogP contribution in [0.1, 0.15) is 0 Å². The average Bonchev–Trinajstić information content (AvgIpc) is 2.88. The maximum Gasteiger partial charge on any atom is 0.356 e. The molecule has 0 saturated heterocycles. The molecule has 1 heterocycles. The largest absolute Gasteiger partial charge is 0.356 e. The first-order valence-electron chi connectivity index (χ1n) is 7.20. The Bertz CT molecular complexity index is 1060. The zero-order valence-corrected chi connectivity index (χ0v) is 13.0. The highest BCUT2D eigenvalue weighted by molar-refractivity contribution is 7.60. The average molecular weight is 323 g/mol. The van der Waals surface area contributed by atoms with Crippen LogP contribution in [-0.4, -0.2) is 14.4 Å². The first-order valence-corrected chi connectivity index (χ1v) is 8.82. The molecule has 0 unspecified atom stereocenters. The van der Waals surface area contributed by atoms with Crippen molar-refractivity contribution < 1.29 is 14.4 Å². The van der Waals surface area contributed by atoms with Crippen molar-refractivity contribution in [3.8, 4) is 5.69 Å². The molecule has 0 fully saturated rings. The smallest absolute Gasteiger partial charge is 0.321 e. The Hall–Kier alpha value is -2.39. The van der Waals surface area contributed by atoms with E-state index in [4.69, 9.17) is 0 Å². The molecule has 0 radical (unpaired) electrons. The van der Waals surface area contributed by atoms with Crippen molar-refractivity contribution in [3.05, 3.63) is 72.8 Å². The Morgan fingerprint density at radius 2 is 1.39 bits per heavy atom. The highest BCUT2D eigenvalue weighted by atomic mass is 31.2. The van der Waals surface area contributed by atoms with Crippen molar-refractivity contribution in [1.82, 2.24) is 4.57 Å². The van der Waals surface area contributed by atoms with Crippen LogP contribution in [0.5, 0.6) is 0 Å². The quantitative estimate of drug-likeness (QED) is 0.554. The Morgan fingerprint density at radius 3 is 2.13 bits per heavy atom. The van der Waals surface area contributed by atoms with Gasteiger partial charge < -0.3 is 14.4 Å². The Labute approximate surface area is 132 Å². The molecule has 0 aliphatic carbocycles. The van der Waals surface area contributed by atoms with Gasteiger partial charge in [-0.2, -0.15) is 0 Å². The van der Waals surface area contributed by atoms with Crippen molar-refractivity contribution in [3.63, 3.8) is 0 Å². The first kappa shape index (κ1) is 14.2. The molecule has 3 aromatic carbocycles. The molecule has 5 heteroatoms. The fourth-order valence-corrected chi connectivity index (χ4v) is 3.56. The molecule has 114 valence electrons. The normalized spacial score (nSPS) is 12.1. The number of fused-ring (bicyclic) bond motifs is 3. The lowest BCUT2D eigenvalue weighted by Gasteiger charge is -2.08. The topological polar surface area (TPSA) is 62.5 Å². The minimum Gasteiger partial charge on any atom is -0.321 e. The van der Waals surface area contributed by atoms with Crippen molar-refractivity contribution in [1.29, 1.82) is 0 Å². The number of hydrogen-bond acceptors (Lipinski definition) is 1. The summed E-state index contributed by atoms with van der Waals surface area (Å²) in [5.74, 6) is 0. The minimum absolute atomic E-state index is 0.0426. The van der Waals surface area contributed by atoms with Crippen LogP contribution in [0.25, 0.3) is 27.5 Å². The predicted molar refractivity (Wildman–Crippen MR) is 92.5 cm³/mol. The number of aromatic nitrogens is 1. The van der Waals surface area contributed by atoms with E-state index in [1.165, 1.54) is 6.07 Å². The Morgan fingerprint density at radius 1 is 0.739 bits per heavy atom. The molecule has 0 amide bonds. The molecule has 0 saturated carbocycles. The van der Waals surface area contributed by atoms with Gasteiger partial charge >= 0.3 is 7.60 Å². The van der Waals surface area contributed by atoms with E-state index in [1.54, 1.807) is 12.1 Å². The van der Waals surface area contributed by atoms with Gasteiger partial charge in [-0.15, -0.1) is 0 Å². The molecule has 1 aromatic heterocycles. The second-order valence-electron chi connectivity index (χ2n) is 5.43. The Balaban J connectivity index is 2.15. The van der Waals surface area contributed by atoms with E-state index in [2.05, 4.69) is 4.57 Å². The van der Waals surface area contributed by atoms with Crippen LogP contribution in [-0.2, 0) is 4.57 Å². The summed E-state index contributed by atoms with van der Waals surface area (Å²) in [6, 6.07) is 22.7. The van der Waals surface area contributed by atoms with Crippen molar-refractivity contribution in [2.75, 3.05) is 0 Å². The van der Waals surface area contributed by atoms with E-state index in [1.807, 2.05) is 54.6 Å². The number of rotatable bonds is 2. The maximum atomic E-state index is 11.6. The predicted octanol–water partition coefficient (Wildman–Crippen LogP) is 3.59. The molecular formula is C18H14NO3P. The standard InChI is InChI=1S/C18H14NO3P/c20-23(21,22)14-10-11-18-16(12-14)15-8-4-5-9-17(15)19(18)13-6-2-1-3-7-13/h1-12H,(H2,20,21,22). The summed E-state index contributed by atoms with van der Waals surface area (Å²) in [6.45, 7) is 0. The third kappa shape index (κ3) is 2.28. The lowest BCUT2D eigenvalue weighted by Crippen LogP contribution is -2.03. The van der Waals surface area contributed by atoms with Gasteiger partial charge in [-0.05, 0) is 36.4 Å². The van der Waals surface area contributed by atoms with Gasteiger partial charge in [-0.25, -0.2) is 0 Å². The summed E-state index contributed by atoms with van der Waals surface area (Å²) in [5, 5.41) is 1.85. The van der Waals surface area contributed by atoms with Gasteiger partial charge in [0, 0.05) is 16.5 Å². The molecule has 4 nitrogen and oxygen atoms in total. The second-order valence-corrected chi connectivity index (χ2v) is 7.04. The summed E-state index contributed by atoms with van der Waals surface area (Å²) in [5.41, 5.74) is 2.95. The van der Waals surface area contributed by atoms with E-state index < -0.39 is 7.60 Å². The molecule has 0 atom stereocenters. The highest BCUT2D eigenvalue weighted by Crippen LogP contribution is 2.37. The van der Waals surface area contributed by atoms with Gasteiger partial charge in [0.15, 0.2) is 0 Å². The van der Waals surface area contributed by atoms with Gasteiger partial charge in [0.05, 0.1) is 16.3 Å². The summed E-state index contributed by atoms with van der Waals surface area (Å²) < 4.78 is 13.7. The van der Waals surface area contributed by atoms with Gasteiger partial charge in [-0.1, -0.05) is 36.4 Å². The summed E-state index contributed by atoms with van der Waals surface area (Å²) in [6.07, 6.45) is 0. The molecule has 0 aliphatic heterocycles. The van der Waals surface area contributed by atoms with Crippen LogP contribution >= 0.6 is 7.60 Å². The lowest BCUT2D eigenvalue weighted by atomic mass is 10.1. The van der Waals surface area contributed by atoms with Gasteiger partial charge in [0.25, 0.3) is 0 Å². The van der Waals surface area contributed by atoms with Crippen LogP contribution in [0.4, 0.5) is 0 Å². The van der Waals surface area contributed by atoms with Crippen LogP contribution in [0.3, 0.4) is 0 Å². The van der Waals surface area contributed by atoms with Crippen molar-refractivity contribution in [2.24, 2.45) is 0 Å². The van der Waals surface area contributed by atoms with Crippen molar-refractivity contribution in [2.45, 2.75) is 0 Å². The maximum absolute atomic E-state index is 11.6. The summed E-state index contributed by atoms with van der Waals surface area (Å²) in [4.78, 5) is 18.9. The van der Waals surface area contributed by atoms with Gasteiger partial charge in [0.1, 0.15) is 0 Å². The SMILES string of the molecule is O=P(O)(O)c1ccc2c(c1)c1ccccc1n2-c1ccccc1. The summed E-state index contributed by atoms with van der Waals surface area (Å²) >= 11 is 0. The van der Waals surface area contributed by atoms with E-state index in [0.29, 0.717) is 0 Å². The fraction of sp³-hybridized carbons (Fsp3) is 0. The summed E-state index contributed by atoms with van der Waals surface area (Å²) in [7, 11) is -4.27. The van der Waals surface area contributed by atoms with E-state index in [-0.39, 0.29) is 5.30 Å². The third-order valence-corrected chi connectivity index (χ3v) is 4.96. The van der Waals surface area contributed by atoms with Gasteiger partial charge in [0.2, 0.25) is 0 Å².